The Balaban J connectivity index is 1.42. The van der Waals surface area contributed by atoms with Crippen molar-refractivity contribution in [2.75, 3.05) is 16.9 Å². The zero-order valence-corrected chi connectivity index (χ0v) is 16.1. The van der Waals surface area contributed by atoms with Crippen molar-refractivity contribution < 1.29 is 0 Å². The van der Waals surface area contributed by atoms with Crippen molar-refractivity contribution in [2.45, 2.75) is 23.4 Å². The summed E-state index contributed by atoms with van der Waals surface area (Å²) in [6.07, 6.45) is 15.6. The summed E-state index contributed by atoms with van der Waals surface area (Å²) in [5.41, 5.74) is 1.20. The highest BCUT2D eigenvalue weighted by Crippen LogP contribution is 2.19. The molecule has 0 radical (unpaired) electrons. The molecule has 4 rings (SSSR count). The van der Waals surface area contributed by atoms with Gasteiger partial charge in [-0.05, 0) is 36.9 Å². The Hall–Kier alpha value is -3.13. The number of thioether (sulfide) groups is 1. The molecular formula is C20H20N6OS. The van der Waals surface area contributed by atoms with Crippen molar-refractivity contribution in [1.82, 2.24) is 19.5 Å². The molecule has 3 aromatic rings. The highest BCUT2D eigenvalue weighted by atomic mass is 32.2. The van der Waals surface area contributed by atoms with Crippen LogP contribution in [0.2, 0.25) is 0 Å². The SMILES string of the molecule is CSc1cnc(N[C@H]2C=C[C@H](Nc3cccn(-c4cccnc4)c3=O)C2)nc1. The summed E-state index contributed by atoms with van der Waals surface area (Å²) in [5, 5.41) is 6.64. The fraction of sp³-hybridized carbons (Fsp3) is 0.200. The zero-order chi connectivity index (χ0) is 19.3. The molecule has 0 spiro atoms. The van der Waals surface area contributed by atoms with Gasteiger partial charge < -0.3 is 10.6 Å². The monoisotopic (exact) mass is 392 g/mol. The number of nitrogens with one attached hydrogen (secondary N) is 2. The Morgan fingerprint density at radius 2 is 1.86 bits per heavy atom. The van der Waals surface area contributed by atoms with Crippen molar-refractivity contribution in [3.05, 3.63) is 77.8 Å². The van der Waals surface area contributed by atoms with Gasteiger partial charge in [0.1, 0.15) is 5.69 Å². The number of pyridine rings is 2. The van der Waals surface area contributed by atoms with E-state index in [9.17, 15) is 4.79 Å². The molecule has 0 fully saturated rings. The van der Waals surface area contributed by atoms with Crippen molar-refractivity contribution >= 4 is 23.4 Å². The van der Waals surface area contributed by atoms with E-state index in [4.69, 9.17) is 0 Å². The van der Waals surface area contributed by atoms with Crippen molar-refractivity contribution in [2.24, 2.45) is 0 Å². The second-order valence-electron chi connectivity index (χ2n) is 6.38. The summed E-state index contributed by atoms with van der Waals surface area (Å²) >= 11 is 1.61. The third kappa shape index (κ3) is 4.07. The topological polar surface area (TPSA) is 84.7 Å². The molecule has 3 heterocycles. The van der Waals surface area contributed by atoms with E-state index in [1.54, 1.807) is 53.4 Å². The molecule has 3 aromatic heterocycles. The highest BCUT2D eigenvalue weighted by molar-refractivity contribution is 7.98. The second-order valence-corrected chi connectivity index (χ2v) is 7.26. The summed E-state index contributed by atoms with van der Waals surface area (Å²) in [5.74, 6) is 0.603. The van der Waals surface area contributed by atoms with Crippen LogP contribution in [-0.2, 0) is 0 Å². The number of rotatable bonds is 6. The summed E-state index contributed by atoms with van der Waals surface area (Å²) in [7, 11) is 0. The van der Waals surface area contributed by atoms with E-state index in [0.717, 1.165) is 17.0 Å². The van der Waals surface area contributed by atoms with E-state index >= 15 is 0 Å². The predicted octanol–water partition coefficient (Wildman–Crippen LogP) is 2.97. The molecule has 2 N–H and O–H groups in total. The molecule has 1 aliphatic carbocycles. The zero-order valence-electron chi connectivity index (χ0n) is 15.3. The number of aromatic nitrogens is 4. The summed E-state index contributed by atoms with van der Waals surface area (Å²) in [4.78, 5) is 26.6. The van der Waals surface area contributed by atoms with Gasteiger partial charge in [0.05, 0.1) is 11.9 Å². The molecule has 0 saturated heterocycles. The first-order chi connectivity index (χ1) is 13.7. The van der Waals surface area contributed by atoms with E-state index in [-0.39, 0.29) is 17.6 Å². The fourth-order valence-corrected chi connectivity index (χ4v) is 3.39. The first-order valence-electron chi connectivity index (χ1n) is 8.92. The van der Waals surface area contributed by atoms with Gasteiger partial charge >= 0.3 is 0 Å². The lowest BCUT2D eigenvalue weighted by Gasteiger charge is -2.16. The average molecular weight is 392 g/mol. The lowest BCUT2D eigenvalue weighted by molar-refractivity contribution is 0.751. The van der Waals surface area contributed by atoms with E-state index in [1.165, 1.54) is 0 Å². The maximum atomic E-state index is 12.8. The van der Waals surface area contributed by atoms with Crippen molar-refractivity contribution in [3.63, 3.8) is 0 Å². The van der Waals surface area contributed by atoms with E-state index < -0.39 is 0 Å². The number of hydrogen-bond acceptors (Lipinski definition) is 7. The first kappa shape index (κ1) is 18.2. The second kappa shape index (κ2) is 8.26. The minimum atomic E-state index is -0.101. The van der Waals surface area contributed by atoms with Crippen LogP contribution in [0.4, 0.5) is 11.6 Å². The lowest BCUT2D eigenvalue weighted by Crippen LogP contribution is -2.27. The Kier molecular flexibility index (Phi) is 5.38. The molecule has 142 valence electrons. The van der Waals surface area contributed by atoms with Crippen LogP contribution in [0.5, 0.6) is 0 Å². The van der Waals surface area contributed by atoms with Gasteiger partial charge in [0.2, 0.25) is 5.95 Å². The molecule has 0 bridgehead atoms. The largest absolute Gasteiger partial charge is 0.374 e. The Morgan fingerprint density at radius 3 is 2.57 bits per heavy atom. The van der Waals surface area contributed by atoms with Gasteiger partial charge in [-0.3, -0.25) is 14.3 Å². The van der Waals surface area contributed by atoms with Crippen LogP contribution < -0.4 is 16.2 Å². The molecular weight excluding hydrogens is 372 g/mol. The molecule has 0 aliphatic heterocycles. The third-order valence-electron chi connectivity index (χ3n) is 4.47. The Bertz CT molecular complexity index is 1020. The maximum Gasteiger partial charge on any atom is 0.278 e. The average Bonchev–Trinajstić information content (AvgIpc) is 3.17. The van der Waals surface area contributed by atoms with Gasteiger partial charge in [-0.25, -0.2) is 9.97 Å². The molecule has 2 atom stereocenters. The maximum absolute atomic E-state index is 12.8. The molecule has 0 amide bonds. The van der Waals surface area contributed by atoms with Gasteiger partial charge in [0, 0.05) is 41.8 Å². The molecule has 7 nitrogen and oxygen atoms in total. The van der Waals surface area contributed by atoms with E-state index in [0.29, 0.717) is 11.6 Å². The molecule has 28 heavy (non-hydrogen) atoms. The molecule has 0 aromatic carbocycles. The van der Waals surface area contributed by atoms with Crippen LogP contribution in [0, 0.1) is 0 Å². The lowest BCUT2D eigenvalue weighted by atomic mass is 10.2. The smallest absolute Gasteiger partial charge is 0.278 e. The minimum Gasteiger partial charge on any atom is -0.374 e. The predicted molar refractivity (Wildman–Crippen MR) is 112 cm³/mol. The van der Waals surface area contributed by atoms with E-state index in [1.807, 2.05) is 24.5 Å². The van der Waals surface area contributed by atoms with E-state index in [2.05, 4.69) is 37.7 Å². The normalized spacial score (nSPS) is 18.2. The van der Waals surface area contributed by atoms with Crippen LogP contribution in [0.1, 0.15) is 6.42 Å². The summed E-state index contributed by atoms with van der Waals surface area (Å²) in [6, 6.07) is 7.49. The molecule has 8 heteroatoms. The van der Waals surface area contributed by atoms with Crippen LogP contribution in [0.15, 0.2) is 77.1 Å². The summed E-state index contributed by atoms with van der Waals surface area (Å²) in [6.45, 7) is 0. The quantitative estimate of drug-likeness (QED) is 0.493. The molecule has 0 unspecified atom stereocenters. The van der Waals surface area contributed by atoms with Crippen LogP contribution >= 0.6 is 11.8 Å². The van der Waals surface area contributed by atoms with Crippen LogP contribution in [0.25, 0.3) is 5.69 Å². The minimum absolute atomic E-state index is 0.0559. The first-order valence-corrected chi connectivity index (χ1v) is 10.1. The molecule has 1 aliphatic rings. The standard InChI is InChI=1S/C20H20N6OS/c1-28-17-12-22-20(23-13-17)25-15-7-6-14(10-15)24-18-5-3-9-26(19(18)27)16-4-2-8-21-11-16/h2-9,11-15,24H,10H2,1H3,(H,22,23,25)/t14-,15-/m0/s1. The third-order valence-corrected chi connectivity index (χ3v) is 5.16. The van der Waals surface area contributed by atoms with Crippen LogP contribution in [0.3, 0.4) is 0 Å². The van der Waals surface area contributed by atoms with Gasteiger partial charge in [-0.2, -0.15) is 0 Å². The van der Waals surface area contributed by atoms with Crippen LogP contribution in [-0.4, -0.2) is 37.9 Å². The van der Waals surface area contributed by atoms with Crippen molar-refractivity contribution in [3.8, 4) is 5.69 Å². The van der Waals surface area contributed by atoms with Gasteiger partial charge in [0.25, 0.3) is 5.56 Å². The Morgan fingerprint density at radius 1 is 1.07 bits per heavy atom. The number of anilines is 2. The fourth-order valence-electron chi connectivity index (χ4n) is 3.08. The highest BCUT2D eigenvalue weighted by Gasteiger charge is 2.20. The molecule has 0 saturated carbocycles. The van der Waals surface area contributed by atoms with Crippen molar-refractivity contribution in [1.29, 1.82) is 0 Å². The van der Waals surface area contributed by atoms with Gasteiger partial charge in [0.15, 0.2) is 0 Å². The Labute approximate surface area is 167 Å². The summed E-state index contributed by atoms with van der Waals surface area (Å²) < 4.78 is 1.59. The number of nitrogens with zero attached hydrogens (tertiary/aromatic N) is 4. The number of hydrogen-bond donors (Lipinski definition) is 2. The van der Waals surface area contributed by atoms with Gasteiger partial charge in [-0.1, -0.05) is 12.2 Å². The van der Waals surface area contributed by atoms with Gasteiger partial charge in [-0.15, -0.1) is 11.8 Å².